The number of carbonyl (C=O) groups excluding carboxylic acids is 1. The minimum absolute atomic E-state index is 0.0361. The average molecular weight is 404 g/mol. The number of morpholine rings is 1. The minimum atomic E-state index is -0.0552. The van der Waals surface area contributed by atoms with Crippen LogP contribution in [-0.2, 0) is 29.0 Å². The first-order valence-electron chi connectivity index (χ1n) is 9.83. The molecule has 1 amide bonds. The van der Waals surface area contributed by atoms with Crippen LogP contribution in [0.3, 0.4) is 0 Å². The van der Waals surface area contributed by atoms with Gasteiger partial charge in [-0.2, -0.15) is 0 Å². The van der Waals surface area contributed by atoms with Crippen molar-refractivity contribution < 1.29 is 14.3 Å². The largest absolute Gasteiger partial charge is 0.484 e. The van der Waals surface area contributed by atoms with Gasteiger partial charge in [-0.25, -0.2) is 4.98 Å². The summed E-state index contributed by atoms with van der Waals surface area (Å²) >= 11 is 1.65. The second kappa shape index (κ2) is 10.5. The number of thiazole rings is 1. The fourth-order valence-corrected chi connectivity index (χ4v) is 3.90. The predicted octanol–water partition coefficient (Wildman–Crippen LogP) is 2.97. The van der Waals surface area contributed by atoms with Crippen molar-refractivity contribution in [2.75, 3.05) is 40.0 Å². The normalized spacial score (nSPS) is 14.8. The fourth-order valence-electron chi connectivity index (χ4n) is 3.07. The van der Waals surface area contributed by atoms with Crippen LogP contribution in [0, 0.1) is 0 Å². The Morgan fingerprint density at radius 3 is 2.75 bits per heavy atom. The van der Waals surface area contributed by atoms with Crippen molar-refractivity contribution in [3.8, 4) is 5.75 Å². The highest BCUT2D eigenvalue weighted by atomic mass is 32.1. The molecule has 0 atom stereocenters. The second-order valence-electron chi connectivity index (χ2n) is 7.05. The molecule has 0 bridgehead atoms. The number of amides is 1. The molecule has 0 unspecified atom stereocenters. The maximum Gasteiger partial charge on any atom is 0.260 e. The van der Waals surface area contributed by atoms with Crippen LogP contribution in [0.5, 0.6) is 5.75 Å². The van der Waals surface area contributed by atoms with Crippen LogP contribution in [0.1, 0.15) is 29.6 Å². The summed E-state index contributed by atoms with van der Waals surface area (Å²) in [7, 11) is 1.79. The molecule has 28 heavy (non-hydrogen) atoms. The molecule has 0 N–H and O–H groups in total. The van der Waals surface area contributed by atoms with Crippen molar-refractivity contribution in [3.05, 3.63) is 45.9 Å². The first-order valence-corrected chi connectivity index (χ1v) is 10.7. The van der Waals surface area contributed by atoms with E-state index in [-0.39, 0.29) is 12.5 Å². The summed E-state index contributed by atoms with van der Waals surface area (Å²) in [6.45, 7) is 7.02. The molecule has 2 heterocycles. The molecule has 1 aliphatic heterocycles. The van der Waals surface area contributed by atoms with E-state index in [0.29, 0.717) is 6.54 Å². The lowest BCUT2D eigenvalue weighted by Gasteiger charge is -2.25. The van der Waals surface area contributed by atoms with Crippen LogP contribution in [0.4, 0.5) is 0 Å². The van der Waals surface area contributed by atoms with E-state index in [2.05, 4.69) is 28.9 Å². The highest BCUT2D eigenvalue weighted by molar-refractivity contribution is 7.09. The Kier molecular flexibility index (Phi) is 7.82. The summed E-state index contributed by atoms with van der Waals surface area (Å²) < 4.78 is 11.0. The van der Waals surface area contributed by atoms with Crippen LogP contribution in [-0.4, -0.2) is 60.6 Å². The third kappa shape index (κ3) is 6.29. The summed E-state index contributed by atoms with van der Waals surface area (Å²) in [4.78, 5) is 21.1. The van der Waals surface area contributed by atoms with Gasteiger partial charge < -0.3 is 14.4 Å². The van der Waals surface area contributed by atoms with Gasteiger partial charge >= 0.3 is 0 Å². The van der Waals surface area contributed by atoms with E-state index in [1.807, 2.05) is 17.5 Å². The highest BCUT2D eigenvalue weighted by Crippen LogP contribution is 2.16. The van der Waals surface area contributed by atoms with Gasteiger partial charge in [0.25, 0.3) is 5.91 Å². The third-order valence-electron chi connectivity index (χ3n) is 4.71. The number of carbonyl (C=O) groups is 1. The topological polar surface area (TPSA) is 54.9 Å². The molecule has 0 aliphatic carbocycles. The van der Waals surface area contributed by atoms with Gasteiger partial charge in [-0.05, 0) is 24.1 Å². The number of hydrogen-bond acceptors (Lipinski definition) is 6. The summed E-state index contributed by atoms with van der Waals surface area (Å²) in [5.74, 6) is 0.670. The van der Waals surface area contributed by atoms with Gasteiger partial charge in [-0.3, -0.25) is 9.69 Å². The number of benzene rings is 1. The van der Waals surface area contributed by atoms with E-state index in [4.69, 9.17) is 9.47 Å². The molecule has 1 aliphatic rings. The van der Waals surface area contributed by atoms with Gasteiger partial charge in [-0.15, -0.1) is 11.3 Å². The number of aromatic nitrogens is 1. The highest BCUT2D eigenvalue weighted by Gasteiger charge is 2.15. The molecule has 2 aromatic rings. The van der Waals surface area contributed by atoms with Gasteiger partial charge in [0.15, 0.2) is 6.61 Å². The summed E-state index contributed by atoms with van der Waals surface area (Å²) in [5, 5.41) is 3.12. The smallest absolute Gasteiger partial charge is 0.260 e. The van der Waals surface area contributed by atoms with E-state index >= 15 is 0 Å². The molecule has 1 aromatic heterocycles. The lowest BCUT2D eigenvalue weighted by atomic mass is 10.1. The van der Waals surface area contributed by atoms with Crippen LogP contribution in [0.25, 0.3) is 0 Å². The Labute approximate surface area is 171 Å². The van der Waals surface area contributed by atoms with Gasteiger partial charge in [0.05, 0.1) is 32.0 Å². The second-order valence-corrected chi connectivity index (χ2v) is 8.00. The lowest BCUT2D eigenvalue weighted by molar-refractivity contribution is -0.132. The van der Waals surface area contributed by atoms with Crippen molar-refractivity contribution in [1.82, 2.24) is 14.8 Å². The van der Waals surface area contributed by atoms with E-state index in [0.717, 1.165) is 62.1 Å². The van der Waals surface area contributed by atoms with Crippen LogP contribution in [0.15, 0.2) is 29.6 Å². The first-order chi connectivity index (χ1) is 13.6. The molecule has 1 fully saturated rings. The van der Waals surface area contributed by atoms with Crippen LogP contribution >= 0.6 is 11.3 Å². The number of rotatable bonds is 9. The van der Waals surface area contributed by atoms with E-state index in [1.54, 1.807) is 23.3 Å². The van der Waals surface area contributed by atoms with Gasteiger partial charge in [0, 0.05) is 25.5 Å². The zero-order valence-corrected chi connectivity index (χ0v) is 17.5. The Hall–Kier alpha value is -1.96. The molecule has 1 saturated heterocycles. The maximum atomic E-state index is 12.4. The number of hydrogen-bond donors (Lipinski definition) is 0. The number of ether oxygens (including phenoxy) is 2. The van der Waals surface area contributed by atoms with Gasteiger partial charge in [-0.1, -0.05) is 25.5 Å². The molecule has 0 radical (unpaired) electrons. The average Bonchev–Trinajstić information content (AvgIpc) is 3.15. The molecule has 6 nitrogen and oxygen atoms in total. The molecule has 1 aromatic carbocycles. The maximum absolute atomic E-state index is 12.4. The Balaban J connectivity index is 1.43. The monoisotopic (exact) mass is 403 g/mol. The molecule has 0 saturated carbocycles. The number of nitrogens with zero attached hydrogens (tertiary/aromatic N) is 3. The van der Waals surface area contributed by atoms with Gasteiger partial charge in [0.2, 0.25) is 0 Å². The molecular formula is C21H29N3O3S. The molecule has 0 spiro atoms. The SMILES string of the molecule is CCCc1ccc(OCC(=O)N(C)Cc2csc(CN3CCOCC3)n2)cc1. The van der Waals surface area contributed by atoms with Crippen molar-refractivity contribution in [3.63, 3.8) is 0 Å². The van der Waals surface area contributed by atoms with Crippen molar-refractivity contribution in [1.29, 1.82) is 0 Å². The van der Waals surface area contributed by atoms with Crippen LogP contribution < -0.4 is 4.74 Å². The zero-order valence-electron chi connectivity index (χ0n) is 16.7. The summed E-state index contributed by atoms with van der Waals surface area (Å²) in [6.07, 6.45) is 2.18. The minimum Gasteiger partial charge on any atom is -0.484 e. The zero-order chi connectivity index (χ0) is 19.8. The predicted molar refractivity (Wildman–Crippen MR) is 111 cm³/mol. The molecule has 3 rings (SSSR count). The molecular weight excluding hydrogens is 374 g/mol. The first kappa shape index (κ1) is 20.8. The van der Waals surface area contributed by atoms with Crippen molar-refractivity contribution >= 4 is 17.2 Å². The lowest BCUT2D eigenvalue weighted by Crippen LogP contribution is -2.35. The Morgan fingerprint density at radius 2 is 2.04 bits per heavy atom. The third-order valence-corrected chi connectivity index (χ3v) is 5.59. The quantitative estimate of drug-likeness (QED) is 0.644. The molecule has 7 heteroatoms. The van der Waals surface area contributed by atoms with Gasteiger partial charge in [0.1, 0.15) is 10.8 Å². The summed E-state index contributed by atoms with van der Waals surface area (Å²) in [6, 6.07) is 7.96. The number of likely N-dealkylation sites (N-methyl/N-ethyl adjacent to an activating group) is 1. The van der Waals surface area contributed by atoms with Crippen LogP contribution in [0.2, 0.25) is 0 Å². The summed E-state index contributed by atoms with van der Waals surface area (Å²) in [5.41, 5.74) is 2.21. The van der Waals surface area contributed by atoms with E-state index in [9.17, 15) is 4.79 Å². The van der Waals surface area contributed by atoms with Crippen molar-refractivity contribution in [2.24, 2.45) is 0 Å². The Morgan fingerprint density at radius 1 is 1.29 bits per heavy atom. The number of aryl methyl sites for hydroxylation is 1. The fraction of sp³-hybridized carbons (Fsp3) is 0.524. The molecule has 152 valence electrons. The Bertz CT molecular complexity index is 742. The van der Waals surface area contributed by atoms with E-state index in [1.165, 1.54) is 5.56 Å². The van der Waals surface area contributed by atoms with E-state index < -0.39 is 0 Å². The van der Waals surface area contributed by atoms with Crippen molar-refractivity contribution in [2.45, 2.75) is 32.9 Å². The standard InChI is InChI=1S/C21H29N3O3S/c1-3-4-17-5-7-19(8-6-17)27-15-21(25)23(2)13-18-16-28-20(22-18)14-24-9-11-26-12-10-24/h5-8,16H,3-4,9-15H2,1-2H3.